The summed E-state index contributed by atoms with van der Waals surface area (Å²) < 4.78 is 5.78. The van der Waals surface area contributed by atoms with Crippen molar-refractivity contribution in [3.63, 3.8) is 0 Å². The minimum Gasteiger partial charge on any atom is -0.466 e. The Kier molecular flexibility index (Phi) is 5.50. The fraction of sp³-hybridized carbons (Fsp3) is 0.208. The van der Waals surface area contributed by atoms with E-state index in [2.05, 4.69) is 21.2 Å². The van der Waals surface area contributed by atoms with Crippen LogP contribution in [0.3, 0.4) is 0 Å². The number of carbonyl (C=O) groups excluding carboxylic acids is 3. The molecule has 1 atom stereocenters. The lowest BCUT2D eigenvalue weighted by atomic mass is 9.63. The third kappa shape index (κ3) is 3.05. The van der Waals surface area contributed by atoms with Crippen molar-refractivity contribution in [1.29, 1.82) is 0 Å². The predicted octanol–water partition coefficient (Wildman–Crippen LogP) is 4.82. The molecule has 0 radical (unpaired) electrons. The Hall–Kier alpha value is -2.81. The number of methoxy groups -OCH3 is 1. The van der Waals surface area contributed by atoms with E-state index in [9.17, 15) is 14.4 Å². The van der Waals surface area contributed by atoms with Crippen molar-refractivity contribution in [3.05, 3.63) is 79.1 Å². The number of anilines is 2. The van der Waals surface area contributed by atoms with E-state index in [1.54, 1.807) is 41.3 Å². The average Bonchev–Trinajstić information content (AvgIpc) is 3.07. The Balaban J connectivity index is 1.94. The van der Waals surface area contributed by atoms with Gasteiger partial charge in [-0.15, -0.1) is 0 Å². The largest absolute Gasteiger partial charge is 0.466 e. The molecule has 2 aliphatic heterocycles. The molecule has 0 fully saturated rings. The molecule has 0 saturated heterocycles. The second kappa shape index (κ2) is 8.15. The Morgan fingerprint density at radius 3 is 2.68 bits per heavy atom. The van der Waals surface area contributed by atoms with Crippen LogP contribution < -0.4 is 16.0 Å². The molecule has 2 heterocycles. The Morgan fingerprint density at radius 1 is 1.18 bits per heavy atom. The molecule has 10 heteroatoms. The minimum atomic E-state index is -1.76. The average molecular weight is 563 g/mol. The third-order valence-corrected chi connectivity index (χ3v) is 7.46. The summed E-state index contributed by atoms with van der Waals surface area (Å²) in [5, 5.41) is 3.54. The van der Waals surface area contributed by atoms with Crippen LogP contribution in [-0.2, 0) is 24.5 Å². The van der Waals surface area contributed by atoms with E-state index in [0.29, 0.717) is 50.0 Å². The molecule has 174 valence electrons. The number of amides is 1. The first-order valence-electron chi connectivity index (χ1n) is 10.4. The van der Waals surface area contributed by atoms with Gasteiger partial charge in [-0.25, -0.2) is 4.79 Å². The van der Waals surface area contributed by atoms with Crippen LogP contribution >= 0.6 is 39.1 Å². The normalized spacial score (nSPS) is 21.6. The van der Waals surface area contributed by atoms with Crippen molar-refractivity contribution in [1.82, 2.24) is 0 Å². The lowest BCUT2D eigenvalue weighted by Crippen LogP contribution is -2.53. The number of fused-ring (bicyclic) bond motifs is 3. The number of halogens is 3. The van der Waals surface area contributed by atoms with Crippen LogP contribution in [0.4, 0.5) is 11.4 Å². The molecule has 7 nitrogen and oxygen atoms in total. The summed E-state index contributed by atoms with van der Waals surface area (Å²) >= 11 is 16.2. The molecule has 3 N–H and O–H groups in total. The number of carbonyl (C=O) groups is 3. The highest BCUT2D eigenvalue weighted by Gasteiger charge is 2.62. The Bertz CT molecular complexity index is 1370. The standard InChI is InChI=1S/C24H18BrCl2N3O4/c1-34-22(32)20-21(28)30(17-10-12(26)6-7-14(17)27)16-3-2-4-18(31)19(16)24(20)13-9-11(25)5-8-15(13)29-23(24)33/h5-10H,2-4,28H2,1H3,(H,29,33). The fourth-order valence-corrected chi connectivity index (χ4v) is 5.84. The molecule has 1 aliphatic carbocycles. The summed E-state index contributed by atoms with van der Waals surface area (Å²) in [6.07, 6.45) is 1.22. The number of allylic oxidation sites excluding steroid dienone is 1. The van der Waals surface area contributed by atoms with E-state index in [1.807, 2.05) is 0 Å². The summed E-state index contributed by atoms with van der Waals surface area (Å²) in [6.45, 7) is 0. The SMILES string of the molecule is COC(=O)C1=C(N)N(c2cc(Cl)ccc2Cl)C2=C(C(=O)CCC2)C12C(=O)Nc1ccc(Br)cc12. The molecular formula is C24H18BrCl2N3O4. The summed E-state index contributed by atoms with van der Waals surface area (Å²) in [7, 11) is 1.20. The van der Waals surface area contributed by atoms with Crippen LogP contribution in [0.2, 0.25) is 10.0 Å². The number of hydrogen-bond acceptors (Lipinski definition) is 6. The maximum atomic E-state index is 13.8. The molecule has 0 saturated carbocycles. The number of ketones is 1. The zero-order valence-corrected chi connectivity index (χ0v) is 21.0. The van der Waals surface area contributed by atoms with Crippen molar-refractivity contribution >= 4 is 68.2 Å². The van der Waals surface area contributed by atoms with Gasteiger partial charge in [0.15, 0.2) is 5.78 Å². The molecule has 1 unspecified atom stereocenters. The molecular weight excluding hydrogens is 545 g/mol. The highest BCUT2D eigenvalue weighted by atomic mass is 79.9. The molecule has 1 spiro atoms. The minimum absolute atomic E-state index is 0.0487. The van der Waals surface area contributed by atoms with Crippen molar-refractivity contribution in [3.8, 4) is 0 Å². The zero-order valence-electron chi connectivity index (χ0n) is 17.9. The highest BCUT2D eigenvalue weighted by molar-refractivity contribution is 9.10. The van der Waals surface area contributed by atoms with Gasteiger partial charge < -0.3 is 15.8 Å². The van der Waals surface area contributed by atoms with Gasteiger partial charge in [-0.05, 0) is 49.2 Å². The Morgan fingerprint density at radius 2 is 1.94 bits per heavy atom. The van der Waals surface area contributed by atoms with Gasteiger partial charge in [0, 0.05) is 38.4 Å². The number of nitrogens with zero attached hydrogens (tertiary/aromatic N) is 1. The molecule has 2 aromatic carbocycles. The monoisotopic (exact) mass is 561 g/mol. The van der Waals surface area contributed by atoms with Crippen molar-refractivity contribution in [2.24, 2.45) is 5.73 Å². The van der Waals surface area contributed by atoms with E-state index in [-0.39, 0.29) is 29.2 Å². The molecule has 2 aromatic rings. The van der Waals surface area contributed by atoms with Gasteiger partial charge in [-0.2, -0.15) is 0 Å². The molecule has 5 rings (SSSR count). The van der Waals surface area contributed by atoms with Crippen LogP contribution in [0.1, 0.15) is 24.8 Å². The number of rotatable bonds is 2. The molecule has 0 bridgehead atoms. The quantitative estimate of drug-likeness (QED) is 0.509. The third-order valence-electron chi connectivity index (χ3n) is 6.41. The lowest BCUT2D eigenvalue weighted by molar-refractivity contribution is -0.138. The summed E-state index contributed by atoms with van der Waals surface area (Å²) in [5.74, 6) is -1.66. The molecule has 34 heavy (non-hydrogen) atoms. The first-order valence-corrected chi connectivity index (χ1v) is 12.0. The zero-order chi connectivity index (χ0) is 24.4. The fourth-order valence-electron chi connectivity index (χ4n) is 5.11. The molecule has 1 amide bonds. The molecule has 3 aliphatic rings. The number of nitrogens with two attached hydrogens (primary N) is 1. The number of ether oxygens (including phenoxy) is 1. The van der Waals surface area contributed by atoms with E-state index in [4.69, 9.17) is 33.7 Å². The van der Waals surface area contributed by atoms with Gasteiger partial charge in [0.2, 0.25) is 5.91 Å². The number of esters is 1. The van der Waals surface area contributed by atoms with Crippen molar-refractivity contribution in [2.45, 2.75) is 24.7 Å². The number of benzene rings is 2. The summed E-state index contributed by atoms with van der Waals surface area (Å²) in [4.78, 5) is 42.2. The topological polar surface area (TPSA) is 102 Å². The smallest absolute Gasteiger partial charge is 0.339 e. The van der Waals surface area contributed by atoms with Gasteiger partial charge in [0.25, 0.3) is 0 Å². The second-order valence-electron chi connectivity index (χ2n) is 8.18. The van der Waals surface area contributed by atoms with Crippen LogP contribution in [0.5, 0.6) is 0 Å². The van der Waals surface area contributed by atoms with E-state index in [0.717, 1.165) is 0 Å². The van der Waals surface area contributed by atoms with Gasteiger partial charge in [0.1, 0.15) is 16.8 Å². The van der Waals surface area contributed by atoms with Crippen molar-refractivity contribution < 1.29 is 19.1 Å². The number of Topliss-reactive ketones (excluding diaryl/α,β-unsaturated/α-hetero) is 1. The van der Waals surface area contributed by atoms with Gasteiger partial charge >= 0.3 is 5.97 Å². The maximum Gasteiger partial charge on any atom is 0.339 e. The van der Waals surface area contributed by atoms with E-state index < -0.39 is 17.3 Å². The van der Waals surface area contributed by atoms with Gasteiger partial charge in [0.05, 0.1) is 17.8 Å². The van der Waals surface area contributed by atoms with Crippen LogP contribution in [0.25, 0.3) is 0 Å². The highest BCUT2D eigenvalue weighted by Crippen LogP contribution is 2.56. The number of hydrogen-bond donors (Lipinski definition) is 2. The van der Waals surface area contributed by atoms with E-state index >= 15 is 0 Å². The van der Waals surface area contributed by atoms with Gasteiger partial charge in [-0.1, -0.05) is 39.1 Å². The number of nitrogens with one attached hydrogen (secondary N) is 1. The first-order chi connectivity index (χ1) is 16.2. The second-order valence-corrected chi connectivity index (χ2v) is 9.93. The van der Waals surface area contributed by atoms with E-state index in [1.165, 1.54) is 7.11 Å². The van der Waals surface area contributed by atoms with Crippen LogP contribution in [0.15, 0.2) is 63.5 Å². The summed E-state index contributed by atoms with van der Waals surface area (Å²) in [6, 6.07) is 10.0. The van der Waals surface area contributed by atoms with Crippen LogP contribution in [0, 0.1) is 0 Å². The Labute approximate surface area is 213 Å². The maximum absolute atomic E-state index is 13.8. The van der Waals surface area contributed by atoms with Crippen molar-refractivity contribution in [2.75, 3.05) is 17.3 Å². The summed E-state index contributed by atoms with van der Waals surface area (Å²) in [5.41, 5.74) is 6.82. The van der Waals surface area contributed by atoms with Crippen LogP contribution in [-0.4, -0.2) is 24.8 Å². The first kappa shape index (κ1) is 23.0. The predicted molar refractivity (Wildman–Crippen MR) is 133 cm³/mol. The van der Waals surface area contributed by atoms with Gasteiger partial charge in [-0.3, -0.25) is 14.5 Å². The molecule has 0 aromatic heterocycles. The lowest BCUT2D eigenvalue weighted by Gasteiger charge is -2.44.